The second kappa shape index (κ2) is 6.22. The quantitative estimate of drug-likeness (QED) is 0.699. The van der Waals surface area contributed by atoms with E-state index in [4.69, 9.17) is 0 Å². The first-order valence-corrected chi connectivity index (χ1v) is 7.92. The Labute approximate surface area is 108 Å². The molecular formula is C16H31N. The normalized spacial score (nSPS) is 33.5. The van der Waals surface area contributed by atoms with Gasteiger partial charge in [0.2, 0.25) is 0 Å². The van der Waals surface area contributed by atoms with Crippen LogP contribution in [0.15, 0.2) is 0 Å². The Kier molecular flexibility index (Phi) is 4.90. The molecule has 0 radical (unpaired) electrons. The summed E-state index contributed by atoms with van der Waals surface area (Å²) in [5, 5.41) is 3.72. The van der Waals surface area contributed by atoms with Crippen molar-refractivity contribution in [3.05, 3.63) is 0 Å². The minimum absolute atomic E-state index is 0.798. The molecule has 1 N–H and O–H groups in total. The molecule has 0 saturated heterocycles. The molecule has 2 bridgehead atoms. The van der Waals surface area contributed by atoms with Crippen LogP contribution in [0.25, 0.3) is 0 Å². The number of fused-ring (bicyclic) bond motifs is 2. The van der Waals surface area contributed by atoms with Crippen molar-refractivity contribution in [1.82, 2.24) is 5.32 Å². The molecule has 4 atom stereocenters. The number of nitrogens with one attached hydrogen (secondary N) is 1. The largest absolute Gasteiger partial charge is 0.314 e. The monoisotopic (exact) mass is 237 g/mol. The van der Waals surface area contributed by atoms with Crippen molar-refractivity contribution >= 4 is 0 Å². The molecule has 0 aromatic heterocycles. The van der Waals surface area contributed by atoms with E-state index in [-0.39, 0.29) is 0 Å². The lowest BCUT2D eigenvalue weighted by molar-refractivity contribution is 0.267. The lowest BCUT2D eigenvalue weighted by atomic mass is 9.83. The Hall–Kier alpha value is -0.0400. The Bertz CT molecular complexity index is 224. The van der Waals surface area contributed by atoms with E-state index in [0.717, 1.165) is 36.3 Å². The molecule has 0 aromatic carbocycles. The van der Waals surface area contributed by atoms with Crippen molar-refractivity contribution in [3.63, 3.8) is 0 Å². The highest BCUT2D eigenvalue weighted by Crippen LogP contribution is 2.50. The predicted molar refractivity (Wildman–Crippen MR) is 75.1 cm³/mol. The van der Waals surface area contributed by atoms with Crippen molar-refractivity contribution < 1.29 is 0 Å². The molecule has 1 nitrogen and oxygen atoms in total. The fourth-order valence-electron chi connectivity index (χ4n) is 4.16. The van der Waals surface area contributed by atoms with Gasteiger partial charge in [0.25, 0.3) is 0 Å². The van der Waals surface area contributed by atoms with Gasteiger partial charge in [-0.2, -0.15) is 0 Å². The lowest BCUT2D eigenvalue weighted by Gasteiger charge is -2.27. The van der Waals surface area contributed by atoms with Gasteiger partial charge in [-0.1, -0.05) is 27.2 Å². The van der Waals surface area contributed by atoms with Gasteiger partial charge in [0.1, 0.15) is 0 Å². The van der Waals surface area contributed by atoms with Crippen LogP contribution in [0.1, 0.15) is 65.7 Å². The van der Waals surface area contributed by atoms with Crippen LogP contribution in [0.3, 0.4) is 0 Å². The van der Waals surface area contributed by atoms with Gasteiger partial charge in [-0.25, -0.2) is 0 Å². The molecule has 2 aliphatic carbocycles. The predicted octanol–water partition coefficient (Wildman–Crippen LogP) is 4.23. The second-order valence-corrected chi connectivity index (χ2v) is 6.90. The molecule has 0 aliphatic heterocycles. The molecule has 0 aromatic rings. The summed E-state index contributed by atoms with van der Waals surface area (Å²) in [6, 6.07) is 0.798. The Morgan fingerprint density at radius 1 is 1.12 bits per heavy atom. The summed E-state index contributed by atoms with van der Waals surface area (Å²) in [6.07, 6.45) is 10.4. The first-order chi connectivity index (χ1) is 8.19. The highest BCUT2D eigenvalue weighted by molar-refractivity contribution is 4.91. The third-order valence-corrected chi connectivity index (χ3v) is 5.06. The van der Waals surface area contributed by atoms with Gasteiger partial charge in [-0.15, -0.1) is 0 Å². The average molecular weight is 237 g/mol. The van der Waals surface area contributed by atoms with Crippen LogP contribution in [0.4, 0.5) is 0 Å². The van der Waals surface area contributed by atoms with E-state index in [1.54, 1.807) is 25.7 Å². The number of rotatable bonds is 7. The Balaban J connectivity index is 1.76. The van der Waals surface area contributed by atoms with Gasteiger partial charge in [0.05, 0.1) is 0 Å². The van der Waals surface area contributed by atoms with Gasteiger partial charge in [-0.05, 0) is 68.7 Å². The highest BCUT2D eigenvalue weighted by atomic mass is 14.9. The third kappa shape index (κ3) is 3.71. The average Bonchev–Trinajstić information content (AvgIpc) is 2.88. The zero-order chi connectivity index (χ0) is 12.3. The lowest BCUT2D eigenvalue weighted by Crippen LogP contribution is -2.32. The van der Waals surface area contributed by atoms with Crippen molar-refractivity contribution in [2.75, 3.05) is 6.54 Å². The van der Waals surface area contributed by atoms with Crippen LogP contribution in [-0.2, 0) is 0 Å². The second-order valence-electron chi connectivity index (χ2n) is 6.90. The first-order valence-electron chi connectivity index (χ1n) is 7.92. The van der Waals surface area contributed by atoms with Gasteiger partial charge >= 0.3 is 0 Å². The molecule has 4 unspecified atom stereocenters. The summed E-state index contributed by atoms with van der Waals surface area (Å²) in [5.74, 6) is 4.12. The van der Waals surface area contributed by atoms with E-state index >= 15 is 0 Å². The summed E-state index contributed by atoms with van der Waals surface area (Å²) in [4.78, 5) is 0. The first kappa shape index (κ1) is 13.4. The summed E-state index contributed by atoms with van der Waals surface area (Å²) in [6.45, 7) is 8.09. The van der Waals surface area contributed by atoms with Crippen LogP contribution in [0.5, 0.6) is 0 Å². The highest BCUT2D eigenvalue weighted by Gasteiger charge is 2.39. The molecule has 0 heterocycles. The maximum absolute atomic E-state index is 3.72. The minimum Gasteiger partial charge on any atom is -0.314 e. The zero-order valence-electron chi connectivity index (χ0n) is 12.0. The molecule has 0 spiro atoms. The Morgan fingerprint density at radius 3 is 2.47 bits per heavy atom. The van der Waals surface area contributed by atoms with E-state index < -0.39 is 0 Å². The Morgan fingerprint density at radius 2 is 1.94 bits per heavy atom. The summed E-state index contributed by atoms with van der Waals surface area (Å²) in [7, 11) is 0. The van der Waals surface area contributed by atoms with E-state index in [2.05, 4.69) is 26.1 Å². The molecule has 0 amide bonds. The minimum atomic E-state index is 0.798. The third-order valence-electron chi connectivity index (χ3n) is 5.06. The van der Waals surface area contributed by atoms with E-state index in [0.29, 0.717) is 0 Å². The van der Waals surface area contributed by atoms with Gasteiger partial charge < -0.3 is 5.32 Å². The van der Waals surface area contributed by atoms with E-state index in [9.17, 15) is 0 Å². The van der Waals surface area contributed by atoms with E-state index in [1.165, 1.54) is 19.3 Å². The van der Waals surface area contributed by atoms with Crippen LogP contribution in [0.2, 0.25) is 0 Å². The van der Waals surface area contributed by atoms with Gasteiger partial charge in [0, 0.05) is 6.04 Å². The molecule has 2 saturated carbocycles. The molecule has 2 fully saturated rings. The smallest absolute Gasteiger partial charge is 0.00697 e. The summed E-state index contributed by atoms with van der Waals surface area (Å²) < 4.78 is 0. The van der Waals surface area contributed by atoms with Gasteiger partial charge in [-0.3, -0.25) is 0 Å². The number of hydrogen-bond donors (Lipinski definition) is 1. The van der Waals surface area contributed by atoms with Crippen LogP contribution >= 0.6 is 0 Å². The molecular weight excluding hydrogens is 206 g/mol. The van der Waals surface area contributed by atoms with E-state index in [1.807, 2.05) is 0 Å². The van der Waals surface area contributed by atoms with Crippen LogP contribution < -0.4 is 5.32 Å². The van der Waals surface area contributed by atoms with Crippen molar-refractivity contribution in [2.45, 2.75) is 71.8 Å². The fraction of sp³-hybridized carbons (Fsp3) is 1.00. The SMILES string of the molecule is CCNC(CCC(C)C)CC1CC2CCC1C2. The van der Waals surface area contributed by atoms with Crippen molar-refractivity contribution in [3.8, 4) is 0 Å². The molecule has 2 aliphatic rings. The molecule has 17 heavy (non-hydrogen) atoms. The zero-order valence-corrected chi connectivity index (χ0v) is 12.0. The maximum Gasteiger partial charge on any atom is 0.00697 e. The van der Waals surface area contributed by atoms with Crippen LogP contribution in [0, 0.1) is 23.7 Å². The summed E-state index contributed by atoms with van der Waals surface area (Å²) in [5.41, 5.74) is 0. The summed E-state index contributed by atoms with van der Waals surface area (Å²) >= 11 is 0. The molecule has 1 heteroatoms. The topological polar surface area (TPSA) is 12.0 Å². The number of hydrogen-bond acceptors (Lipinski definition) is 1. The van der Waals surface area contributed by atoms with Crippen LogP contribution in [-0.4, -0.2) is 12.6 Å². The fourth-order valence-corrected chi connectivity index (χ4v) is 4.16. The maximum atomic E-state index is 3.72. The standard InChI is InChI=1S/C16H31N/c1-4-17-16(8-5-12(2)3)11-15-10-13-6-7-14(15)9-13/h12-17H,4-11H2,1-3H3. The van der Waals surface area contributed by atoms with Crippen molar-refractivity contribution in [1.29, 1.82) is 0 Å². The van der Waals surface area contributed by atoms with Crippen molar-refractivity contribution in [2.24, 2.45) is 23.7 Å². The molecule has 100 valence electrons. The molecule has 2 rings (SSSR count). The van der Waals surface area contributed by atoms with Gasteiger partial charge in [0.15, 0.2) is 0 Å².